The molecule has 176 valence electrons. The highest BCUT2D eigenvalue weighted by atomic mass is 127. The predicted octanol–water partition coefficient (Wildman–Crippen LogP) is 3.58. The van der Waals surface area contributed by atoms with Crippen LogP contribution >= 0.6 is 24.0 Å². The van der Waals surface area contributed by atoms with E-state index in [1.807, 2.05) is 56.0 Å². The topological polar surface area (TPSA) is 86.2 Å². The van der Waals surface area contributed by atoms with E-state index < -0.39 is 5.60 Å². The van der Waals surface area contributed by atoms with E-state index in [2.05, 4.69) is 15.6 Å². The Labute approximate surface area is 204 Å². The molecule has 1 aromatic rings. The van der Waals surface area contributed by atoms with Crippen molar-refractivity contribution in [2.45, 2.75) is 51.6 Å². The van der Waals surface area contributed by atoms with E-state index in [0.717, 1.165) is 50.4 Å². The number of nitrogens with one attached hydrogen (secondary N) is 2. The number of aliphatic hydroxyl groups is 1. The SMILES string of the molecule is CN=C(NCCC1CCCN(C(=O)OC(C)(C)C)C1)NCC(CO)c1ccccc1.I. The molecule has 7 nitrogen and oxygen atoms in total. The maximum Gasteiger partial charge on any atom is 0.410 e. The molecule has 1 saturated heterocycles. The Morgan fingerprint density at radius 3 is 2.61 bits per heavy atom. The van der Waals surface area contributed by atoms with Gasteiger partial charge in [0.05, 0.1) is 6.61 Å². The number of likely N-dealkylation sites (tertiary alicyclic amines) is 1. The molecule has 2 atom stereocenters. The number of rotatable bonds is 7. The summed E-state index contributed by atoms with van der Waals surface area (Å²) in [5.74, 6) is 1.20. The van der Waals surface area contributed by atoms with Crippen molar-refractivity contribution < 1.29 is 14.6 Å². The smallest absolute Gasteiger partial charge is 0.410 e. The first-order chi connectivity index (χ1) is 14.3. The highest BCUT2D eigenvalue weighted by Crippen LogP contribution is 2.21. The zero-order valence-electron chi connectivity index (χ0n) is 19.3. The molecule has 1 fully saturated rings. The second-order valence-electron chi connectivity index (χ2n) is 8.89. The number of piperidine rings is 1. The van der Waals surface area contributed by atoms with E-state index >= 15 is 0 Å². The zero-order valence-corrected chi connectivity index (χ0v) is 21.6. The van der Waals surface area contributed by atoms with Gasteiger partial charge in [0.25, 0.3) is 0 Å². The third-order valence-corrected chi connectivity index (χ3v) is 5.25. The largest absolute Gasteiger partial charge is 0.444 e. The lowest BCUT2D eigenvalue weighted by molar-refractivity contribution is 0.0162. The highest BCUT2D eigenvalue weighted by molar-refractivity contribution is 14.0. The Kier molecular flexibility index (Phi) is 12.2. The number of hydrogen-bond acceptors (Lipinski definition) is 4. The average molecular weight is 546 g/mol. The average Bonchev–Trinajstić information content (AvgIpc) is 2.72. The molecule has 0 aromatic heterocycles. The van der Waals surface area contributed by atoms with Gasteiger partial charge in [0.1, 0.15) is 5.60 Å². The first-order valence-corrected chi connectivity index (χ1v) is 10.9. The molecule has 2 unspecified atom stereocenters. The summed E-state index contributed by atoms with van der Waals surface area (Å²) in [5.41, 5.74) is 0.642. The summed E-state index contributed by atoms with van der Waals surface area (Å²) in [5, 5.41) is 16.4. The van der Waals surface area contributed by atoms with Crippen LogP contribution in [0.4, 0.5) is 4.79 Å². The number of guanidine groups is 1. The van der Waals surface area contributed by atoms with Crippen LogP contribution in [0.1, 0.15) is 51.5 Å². The van der Waals surface area contributed by atoms with Crippen LogP contribution in [-0.4, -0.2) is 67.5 Å². The minimum absolute atomic E-state index is 0. The normalized spacial score (nSPS) is 18.0. The summed E-state index contributed by atoms with van der Waals surface area (Å²) in [6.07, 6.45) is 2.87. The Bertz CT molecular complexity index is 679. The molecule has 2 rings (SSSR count). The maximum atomic E-state index is 12.3. The van der Waals surface area contributed by atoms with E-state index in [1.165, 1.54) is 0 Å². The molecule has 0 aliphatic carbocycles. The van der Waals surface area contributed by atoms with E-state index in [0.29, 0.717) is 12.5 Å². The molecule has 3 N–H and O–H groups in total. The summed E-state index contributed by atoms with van der Waals surface area (Å²) in [4.78, 5) is 18.4. The molecule has 0 radical (unpaired) electrons. The first kappa shape index (κ1) is 27.5. The fourth-order valence-corrected chi connectivity index (χ4v) is 3.64. The van der Waals surface area contributed by atoms with Crippen molar-refractivity contribution in [2.75, 3.05) is 39.8 Å². The number of hydrogen-bond donors (Lipinski definition) is 3. The number of carbonyl (C=O) groups excluding carboxylic acids is 1. The molecule has 0 saturated carbocycles. The number of benzene rings is 1. The lowest BCUT2D eigenvalue weighted by atomic mass is 9.95. The molecule has 1 heterocycles. The van der Waals surface area contributed by atoms with Crippen molar-refractivity contribution in [3.63, 3.8) is 0 Å². The summed E-state index contributed by atoms with van der Waals surface area (Å²) >= 11 is 0. The minimum Gasteiger partial charge on any atom is -0.444 e. The fourth-order valence-electron chi connectivity index (χ4n) is 3.64. The van der Waals surface area contributed by atoms with Gasteiger partial charge in [-0.1, -0.05) is 30.3 Å². The van der Waals surface area contributed by atoms with Crippen molar-refractivity contribution >= 4 is 36.0 Å². The van der Waals surface area contributed by atoms with E-state index in [-0.39, 0.29) is 42.6 Å². The Morgan fingerprint density at radius 1 is 1.29 bits per heavy atom. The Balaban J connectivity index is 0.00000480. The summed E-state index contributed by atoms with van der Waals surface area (Å²) in [7, 11) is 1.75. The van der Waals surface area contributed by atoms with E-state index in [4.69, 9.17) is 4.74 Å². The van der Waals surface area contributed by atoms with Crippen LogP contribution in [0.3, 0.4) is 0 Å². The minimum atomic E-state index is -0.462. The molecule has 0 spiro atoms. The zero-order chi connectivity index (χ0) is 22.0. The van der Waals surface area contributed by atoms with Crippen LogP contribution in [0.2, 0.25) is 0 Å². The standard InChI is InChI=1S/C23H38N4O3.HI/c1-23(2,3)30-22(29)27-14-8-9-18(16-27)12-13-25-21(24-4)26-15-20(17-28)19-10-6-5-7-11-19;/h5-7,10-11,18,20,28H,8-9,12-17H2,1-4H3,(H2,24,25,26);1H. The van der Waals surface area contributed by atoms with Crippen molar-refractivity contribution in [3.05, 3.63) is 35.9 Å². The summed E-state index contributed by atoms with van der Waals surface area (Å²) < 4.78 is 5.51. The van der Waals surface area contributed by atoms with Crippen LogP contribution in [0.25, 0.3) is 0 Å². The third kappa shape index (κ3) is 10.1. The van der Waals surface area contributed by atoms with Crippen LogP contribution in [-0.2, 0) is 4.74 Å². The number of carbonyl (C=O) groups is 1. The second-order valence-corrected chi connectivity index (χ2v) is 8.89. The monoisotopic (exact) mass is 546 g/mol. The van der Waals surface area contributed by atoms with Crippen molar-refractivity contribution in [2.24, 2.45) is 10.9 Å². The van der Waals surface area contributed by atoms with Gasteiger partial charge >= 0.3 is 6.09 Å². The van der Waals surface area contributed by atoms with Gasteiger partial charge in [0.15, 0.2) is 5.96 Å². The van der Waals surface area contributed by atoms with Crippen molar-refractivity contribution in [3.8, 4) is 0 Å². The molecule has 8 heteroatoms. The van der Waals surface area contributed by atoms with Crippen molar-refractivity contribution in [1.82, 2.24) is 15.5 Å². The molecular weight excluding hydrogens is 507 g/mol. The van der Waals surface area contributed by atoms with Gasteiger partial charge in [-0.2, -0.15) is 0 Å². The van der Waals surface area contributed by atoms with Gasteiger partial charge in [0.2, 0.25) is 0 Å². The number of halogens is 1. The van der Waals surface area contributed by atoms with Gasteiger partial charge in [-0.3, -0.25) is 4.99 Å². The lowest BCUT2D eigenvalue weighted by Crippen LogP contribution is -2.44. The van der Waals surface area contributed by atoms with Crippen LogP contribution in [0.15, 0.2) is 35.3 Å². The second kappa shape index (κ2) is 13.8. The number of nitrogens with zero attached hydrogens (tertiary/aromatic N) is 2. The molecule has 1 aromatic carbocycles. The highest BCUT2D eigenvalue weighted by Gasteiger charge is 2.27. The van der Waals surface area contributed by atoms with Gasteiger partial charge in [-0.25, -0.2) is 4.79 Å². The van der Waals surface area contributed by atoms with Gasteiger partial charge in [0, 0.05) is 39.1 Å². The number of amides is 1. The van der Waals surface area contributed by atoms with Crippen LogP contribution < -0.4 is 10.6 Å². The fraction of sp³-hybridized carbons (Fsp3) is 0.652. The molecule has 1 aliphatic heterocycles. The molecular formula is C23H39IN4O3. The summed E-state index contributed by atoms with van der Waals surface area (Å²) in [6.45, 7) is 8.66. The van der Waals surface area contributed by atoms with E-state index in [9.17, 15) is 9.90 Å². The van der Waals surface area contributed by atoms with E-state index in [1.54, 1.807) is 7.05 Å². The van der Waals surface area contributed by atoms with Crippen LogP contribution in [0.5, 0.6) is 0 Å². The van der Waals surface area contributed by atoms with Gasteiger partial charge in [-0.15, -0.1) is 24.0 Å². The summed E-state index contributed by atoms with van der Waals surface area (Å²) in [6, 6.07) is 9.99. The number of aliphatic imine (C=N–C) groups is 1. The molecule has 1 amide bonds. The molecule has 1 aliphatic rings. The first-order valence-electron chi connectivity index (χ1n) is 10.9. The van der Waals surface area contributed by atoms with Gasteiger partial charge < -0.3 is 25.4 Å². The maximum absolute atomic E-state index is 12.3. The molecule has 31 heavy (non-hydrogen) atoms. The van der Waals surface area contributed by atoms with Gasteiger partial charge in [-0.05, 0) is 51.5 Å². The number of ether oxygens (including phenoxy) is 1. The predicted molar refractivity (Wildman–Crippen MR) is 136 cm³/mol. The Hall–Kier alpha value is -1.55. The lowest BCUT2D eigenvalue weighted by Gasteiger charge is -2.34. The Morgan fingerprint density at radius 2 is 2.00 bits per heavy atom. The van der Waals surface area contributed by atoms with Crippen LogP contribution in [0, 0.1) is 5.92 Å². The molecule has 0 bridgehead atoms. The quantitative estimate of drug-likeness (QED) is 0.277. The third-order valence-electron chi connectivity index (χ3n) is 5.25. The van der Waals surface area contributed by atoms with Crippen molar-refractivity contribution in [1.29, 1.82) is 0 Å². The number of aliphatic hydroxyl groups excluding tert-OH is 1.